The van der Waals surface area contributed by atoms with Crippen molar-refractivity contribution in [2.45, 2.75) is 25.3 Å². The Morgan fingerprint density at radius 2 is 1.62 bits per heavy atom. The number of benzene rings is 2. The van der Waals surface area contributed by atoms with Crippen LogP contribution in [-0.4, -0.2) is 56.2 Å². The molecule has 47 heavy (non-hydrogen) atoms. The van der Waals surface area contributed by atoms with Gasteiger partial charge in [0, 0.05) is 55.6 Å². The number of pyridine rings is 2. The number of likely N-dealkylation sites (N-methyl/N-ethyl adjacent to an activating group) is 1. The molecular weight excluding hydrogens is 651 g/mol. The fourth-order valence-corrected chi connectivity index (χ4v) is 8.84. The Morgan fingerprint density at radius 3 is 2.30 bits per heavy atom. The maximum Gasteiger partial charge on any atom is 0.275 e. The van der Waals surface area contributed by atoms with Crippen molar-refractivity contribution in [3.05, 3.63) is 94.2 Å². The minimum absolute atomic E-state index is 0.0305. The summed E-state index contributed by atoms with van der Waals surface area (Å²) in [6.07, 6.45) is 3.80. The van der Waals surface area contributed by atoms with Crippen LogP contribution in [0.1, 0.15) is 18.1 Å². The van der Waals surface area contributed by atoms with E-state index >= 15 is 4.39 Å². The van der Waals surface area contributed by atoms with Crippen LogP contribution in [0.2, 0.25) is 0 Å². The molecule has 0 bridgehead atoms. The Balaban J connectivity index is 1.60. The normalized spacial score (nSPS) is 14.7. The molecule has 3 aromatic heterocycles. The number of sulfonamides is 1. The van der Waals surface area contributed by atoms with Crippen LogP contribution in [0, 0.1) is 18.6 Å². The molecule has 0 saturated carbocycles. The molecule has 0 aliphatic carbocycles. The number of aryl methyl sites for hydroxylation is 2. The summed E-state index contributed by atoms with van der Waals surface area (Å²) in [5, 5.41) is 0.309. The predicted octanol–water partition coefficient (Wildman–Crippen LogP) is 4.48. The Bertz CT molecular complexity index is 2410. The minimum Gasteiger partial charge on any atom is -0.371 e. The maximum absolute atomic E-state index is 15.5. The molecule has 2 aliphatic rings. The number of hydrogen-bond acceptors (Lipinski definition) is 8. The zero-order valence-corrected chi connectivity index (χ0v) is 27.5. The molecule has 2 aliphatic heterocycles. The smallest absolute Gasteiger partial charge is 0.275 e. The van der Waals surface area contributed by atoms with Gasteiger partial charge in [-0.3, -0.25) is 9.10 Å². The van der Waals surface area contributed by atoms with Crippen LogP contribution in [-0.2, 0) is 33.6 Å². The number of rotatable bonds is 5. The van der Waals surface area contributed by atoms with Gasteiger partial charge in [-0.05, 0) is 43.7 Å². The van der Waals surface area contributed by atoms with Crippen LogP contribution in [0.5, 0.6) is 0 Å². The van der Waals surface area contributed by atoms with Crippen LogP contribution in [0.15, 0.2) is 70.7 Å². The van der Waals surface area contributed by atoms with Gasteiger partial charge in [-0.15, -0.1) is 0 Å². The quantitative estimate of drug-likeness (QED) is 0.267. The SMILES string of the molecule is CCS(=O)(=O)N1CCN(C)c2cc3c(cc21)-c1cn(C)c(=O)c2c1c(cn2S(=O)(=O)c1ccc(C)cc1)CN3c1ncc(F)cc1F. The van der Waals surface area contributed by atoms with Gasteiger partial charge in [0.05, 0.1) is 47.0 Å². The summed E-state index contributed by atoms with van der Waals surface area (Å²) in [7, 11) is -4.68. The Labute approximate surface area is 270 Å². The number of halogens is 2. The molecule has 244 valence electrons. The molecule has 11 nitrogen and oxygen atoms in total. The van der Waals surface area contributed by atoms with E-state index in [0.29, 0.717) is 51.7 Å². The summed E-state index contributed by atoms with van der Waals surface area (Å²) in [5.74, 6) is -2.21. The van der Waals surface area contributed by atoms with Gasteiger partial charge < -0.3 is 14.4 Å². The molecule has 0 fully saturated rings. The van der Waals surface area contributed by atoms with Crippen LogP contribution < -0.4 is 19.7 Å². The van der Waals surface area contributed by atoms with Crippen molar-refractivity contribution in [1.29, 1.82) is 0 Å². The molecule has 0 saturated heterocycles. The lowest BCUT2D eigenvalue weighted by molar-refractivity contribution is 0.571. The van der Waals surface area contributed by atoms with E-state index < -0.39 is 37.2 Å². The fraction of sp³-hybridized carbons (Fsp3) is 0.250. The van der Waals surface area contributed by atoms with Gasteiger partial charge in [0.2, 0.25) is 10.0 Å². The van der Waals surface area contributed by atoms with E-state index in [9.17, 15) is 26.0 Å². The first-order valence-corrected chi connectivity index (χ1v) is 17.8. The van der Waals surface area contributed by atoms with Crippen molar-refractivity contribution >= 4 is 53.8 Å². The number of anilines is 4. The topological polar surface area (TPSA) is 118 Å². The van der Waals surface area contributed by atoms with Gasteiger partial charge in [-0.2, -0.15) is 0 Å². The van der Waals surface area contributed by atoms with Crippen molar-refractivity contribution < 1.29 is 25.6 Å². The molecule has 5 aromatic rings. The highest BCUT2D eigenvalue weighted by Gasteiger charge is 2.35. The molecular formula is C32H30F2N6O5S2. The fourth-order valence-electron chi connectivity index (χ4n) is 6.34. The molecule has 15 heteroatoms. The lowest BCUT2D eigenvalue weighted by Crippen LogP contribution is -2.43. The molecule has 0 amide bonds. The van der Waals surface area contributed by atoms with Gasteiger partial charge in [0.25, 0.3) is 15.6 Å². The zero-order chi connectivity index (χ0) is 33.6. The van der Waals surface area contributed by atoms with E-state index in [1.54, 1.807) is 37.4 Å². The van der Waals surface area contributed by atoms with E-state index in [4.69, 9.17) is 0 Å². The summed E-state index contributed by atoms with van der Waals surface area (Å²) in [5.41, 5.74) is 2.70. The van der Waals surface area contributed by atoms with Crippen LogP contribution in [0.25, 0.3) is 22.0 Å². The molecule has 0 unspecified atom stereocenters. The first kappa shape index (κ1) is 30.9. The van der Waals surface area contributed by atoms with E-state index in [1.807, 2.05) is 18.9 Å². The second kappa shape index (κ2) is 10.6. The number of aromatic nitrogens is 3. The van der Waals surface area contributed by atoms with Gasteiger partial charge in [-0.1, -0.05) is 17.7 Å². The molecule has 0 atom stereocenters. The summed E-state index contributed by atoms with van der Waals surface area (Å²) >= 11 is 0. The number of fused-ring (bicyclic) bond motifs is 3. The number of nitrogens with zero attached hydrogens (tertiary/aromatic N) is 6. The maximum atomic E-state index is 15.5. The summed E-state index contributed by atoms with van der Waals surface area (Å²) in [4.78, 5) is 21.2. The third-order valence-electron chi connectivity index (χ3n) is 8.81. The van der Waals surface area contributed by atoms with Gasteiger partial charge in [0.15, 0.2) is 11.6 Å². The highest BCUT2D eigenvalue weighted by Crippen LogP contribution is 2.49. The monoisotopic (exact) mass is 680 g/mol. The zero-order valence-electron chi connectivity index (χ0n) is 25.9. The highest BCUT2D eigenvalue weighted by molar-refractivity contribution is 7.92. The minimum atomic E-state index is -4.29. The first-order chi connectivity index (χ1) is 22.2. The lowest BCUT2D eigenvalue weighted by atomic mass is 9.99. The van der Waals surface area contributed by atoms with Crippen molar-refractivity contribution in [2.75, 3.05) is 40.0 Å². The molecule has 7 rings (SSSR count). The Hall–Kier alpha value is -4.76. The van der Waals surface area contributed by atoms with Crippen molar-refractivity contribution in [3.63, 3.8) is 0 Å². The molecule has 2 aromatic carbocycles. The Kier molecular flexibility index (Phi) is 6.99. The third-order valence-corrected chi connectivity index (χ3v) is 12.3. The second-order valence-electron chi connectivity index (χ2n) is 11.7. The third kappa shape index (κ3) is 4.70. The van der Waals surface area contributed by atoms with Gasteiger partial charge >= 0.3 is 0 Å². The van der Waals surface area contributed by atoms with Crippen molar-refractivity contribution in [3.8, 4) is 11.1 Å². The summed E-state index contributed by atoms with van der Waals surface area (Å²) in [6, 6.07) is 10.3. The average molecular weight is 681 g/mol. The molecule has 0 radical (unpaired) electrons. The largest absolute Gasteiger partial charge is 0.371 e. The van der Waals surface area contributed by atoms with Crippen molar-refractivity contribution in [1.82, 2.24) is 13.5 Å². The highest BCUT2D eigenvalue weighted by atomic mass is 32.2. The van der Waals surface area contributed by atoms with Crippen molar-refractivity contribution in [2.24, 2.45) is 7.05 Å². The molecule has 0 spiro atoms. The van der Waals surface area contributed by atoms with Gasteiger partial charge in [0.1, 0.15) is 11.3 Å². The number of hydrogen-bond donors (Lipinski definition) is 0. The predicted molar refractivity (Wildman–Crippen MR) is 176 cm³/mol. The van der Waals surface area contributed by atoms with E-state index in [2.05, 4.69) is 4.98 Å². The lowest BCUT2D eigenvalue weighted by Gasteiger charge is -2.37. The van der Waals surface area contributed by atoms with Crippen LogP contribution in [0.3, 0.4) is 0 Å². The molecule has 5 heterocycles. The summed E-state index contributed by atoms with van der Waals surface area (Å²) in [6.45, 7) is 3.82. The van der Waals surface area contributed by atoms with Gasteiger partial charge in [-0.25, -0.2) is 34.6 Å². The van der Waals surface area contributed by atoms with Crippen LogP contribution in [0.4, 0.5) is 31.7 Å². The Morgan fingerprint density at radius 1 is 0.894 bits per heavy atom. The first-order valence-electron chi connectivity index (χ1n) is 14.8. The summed E-state index contributed by atoms with van der Waals surface area (Å²) < 4.78 is 87.9. The standard InChI is InChI=1S/C32H30F2N6O5S2/c1-5-46(42,43)39-11-10-36(3)27-14-26-23(13-28(27)39)24-18-37(4)32(41)30-29(24)20(16-38(26)31-25(34)12-21(33)15-35-31)17-40(30)47(44,45)22-8-6-19(2)7-9-22/h6-9,12-15,17-18H,5,10-11,16H2,1-4H3. The van der Waals surface area contributed by atoms with E-state index in [-0.39, 0.29) is 35.1 Å². The van der Waals surface area contributed by atoms with E-state index in [0.717, 1.165) is 15.7 Å². The van der Waals surface area contributed by atoms with Crippen LogP contribution >= 0.6 is 0 Å². The van der Waals surface area contributed by atoms with E-state index in [1.165, 1.54) is 39.1 Å². The second-order valence-corrected chi connectivity index (χ2v) is 15.7. The molecule has 0 N–H and O–H groups in total. The average Bonchev–Trinajstić information content (AvgIpc) is 3.36.